The molecule has 16 heavy (non-hydrogen) atoms. The number of allylic oxidation sites excluding steroid dienone is 3. The van der Waals surface area contributed by atoms with Gasteiger partial charge in [0.1, 0.15) is 12.4 Å². The number of morpholine rings is 1. The predicted molar refractivity (Wildman–Crippen MR) is 66.3 cm³/mol. The maximum atomic E-state index is 5.49. The van der Waals surface area contributed by atoms with E-state index in [0.717, 1.165) is 38.4 Å². The number of hydrogen-bond acceptors (Lipinski definition) is 3. The van der Waals surface area contributed by atoms with Crippen molar-refractivity contribution in [2.75, 3.05) is 39.5 Å². The zero-order valence-electron chi connectivity index (χ0n) is 10.1. The molecule has 1 fully saturated rings. The normalized spacial score (nSPS) is 17.6. The van der Waals surface area contributed by atoms with E-state index in [1.165, 1.54) is 0 Å². The van der Waals surface area contributed by atoms with Gasteiger partial charge in [0.2, 0.25) is 0 Å². The van der Waals surface area contributed by atoms with Crippen molar-refractivity contribution >= 4 is 0 Å². The third kappa shape index (κ3) is 5.73. The fourth-order valence-corrected chi connectivity index (χ4v) is 1.41. The highest BCUT2D eigenvalue weighted by molar-refractivity contribution is 5.19. The lowest BCUT2D eigenvalue weighted by atomic mass is 10.3. The summed E-state index contributed by atoms with van der Waals surface area (Å²) >= 11 is 0. The minimum atomic E-state index is 0.680. The number of ether oxygens (including phenoxy) is 2. The zero-order chi connectivity index (χ0) is 11.8. The molecule has 0 radical (unpaired) electrons. The Bertz CT molecular complexity index is 265. The topological polar surface area (TPSA) is 21.7 Å². The molecule has 1 rings (SSSR count). The van der Waals surface area contributed by atoms with Crippen molar-refractivity contribution < 1.29 is 9.47 Å². The van der Waals surface area contributed by atoms with Gasteiger partial charge in [-0.05, 0) is 13.0 Å². The van der Waals surface area contributed by atoms with Crippen molar-refractivity contribution in [3.63, 3.8) is 0 Å². The third-order valence-electron chi connectivity index (χ3n) is 2.35. The molecule has 0 spiro atoms. The van der Waals surface area contributed by atoms with Crippen LogP contribution < -0.4 is 0 Å². The molecule has 1 heterocycles. The van der Waals surface area contributed by atoms with Crippen LogP contribution in [0.2, 0.25) is 0 Å². The molecule has 0 saturated carbocycles. The van der Waals surface area contributed by atoms with Gasteiger partial charge in [0, 0.05) is 19.6 Å². The van der Waals surface area contributed by atoms with Gasteiger partial charge < -0.3 is 9.47 Å². The molecule has 3 nitrogen and oxygen atoms in total. The van der Waals surface area contributed by atoms with Gasteiger partial charge in [-0.25, -0.2) is 0 Å². The van der Waals surface area contributed by atoms with Crippen LogP contribution in [-0.2, 0) is 9.47 Å². The van der Waals surface area contributed by atoms with Crippen molar-refractivity contribution in [3.05, 3.63) is 36.6 Å². The van der Waals surface area contributed by atoms with E-state index in [1.54, 1.807) is 0 Å². The number of nitrogens with zero attached hydrogens (tertiary/aromatic N) is 1. The molecule has 90 valence electrons. The molecule has 0 aromatic carbocycles. The van der Waals surface area contributed by atoms with Gasteiger partial charge in [0.15, 0.2) is 0 Å². The Kier molecular flexibility index (Phi) is 5.90. The standard InChI is InChI=1S/C13H21NO2/c1-12(2)4-5-13(3)16-11-8-14-6-9-15-10-7-14/h4-5H,1,3,6-11H2,2H3/b5-4-. The van der Waals surface area contributed by atoms with Gasteiger partial charge in [-0.1, -0.05) is 24.8 Å². The van der Waals surface area contributed by atoms with E-state index in [4.69, 9.17) is 9.47 Å². The van der Waals surface area contributed by atoms with Crippen molar-refractivity contribution in [2.45, 2.75) is 6.92 Å². The first kappa shape index (κ1) is 13.0. The van der Waals surface area contributed by atoms with E-state index in [9.17, 15) is 0 Å². The van der Waals surface area contributed by atoms with Crippen LogP contribution in [0, 0.1) is 0 Å². The highest BCUT2D eigenvalue weighted by Gasteiger charge is 2.09. The van der Waals surface area contributed by atoms with E-state index >= 15 is 0 Å². The molecule has 0 aliphatic carbocycles. The van der Waals surface area contributed by atoms with Crippen LogP contribution >= 0.6 is 0 Å². The highest BCUT2D eigenvalue weighted by Crippen LogP contribution is 2.01. The van der Waals surface area contributed by atoms with Crippen LogP contribution in [0.5, 0.6) is 0 Å². The second kappa shape index (κ2) is 7.25. The molecule has 3 heteroatoms. The number of hydrogen-bond donors (Lipinski definition) is 0. The van der Waals surface area contributed by atoms with E-state index < -0.39 is 0 Å². The van der Waals surface area contributed by atoms with Crippen LogP contribution in [0.15, 0.2) is 36.6 Å². The first-order chi connectivity index (χ1) is 7.68. The van der Waals surface area contributed by atoms with Gasteiger partial charge in [-0.3, -0.25) is 4.90 Å². The SMILES string of the molecule is C=C(C)/C=C\C(=C)OCCN1CCOCC1. The quantitative estimate of drug-likeness (QED) is 0.507. The summed E-state index contributed by atoms with van der Waals surface area (Å²) in [7, 11) is 0. The van der Waals surface area contributed by atoms with E-state index in [-0.39, 0.29) is 0 Å². The maximum absolute atomic E-state index is 5.49. The first-order valence-electron chi connectivity index (χ1n) is 5.64. The fourth-order valence-electron chi connectivity index (χ4n) is 1.41. The summed E-state index contributed by atoms with van der Waals surface area (Å²) in [6.07, 6.45) is 3.75. The smallest absolute Gasteiger partial charge is 0.112 e. The van der Waals surface area contributed by atoms with Gasteiger partial charge >= 0.3 is 0 Å². The minimum Gasteiger partial charge on any atom is -0.493 e. The predicted octanol–water partition coefficient (Wildman–Crippen LogP) is 1.98. The lowest BCUT2D eigenvalue weighted by Crippen LogP contribution is -2.38. The summed E-state index contributed by atoms with van der Waals surface area (Å²) in [6.45, 7) is 14.8. The Morgan fingerprint density at radius 2 is 2.00 bits per heavy atom. The van der Waals surface area contributed by atoms with Gasteiger partial charge in [0.05, 0.1) is 13.2 Å². The zero-order valence-corrected chi connectivity index (χ0v) is 10.1. The van der Waals surface area contributed by atoms with Crippen molar-refractivity contribution in [1.82, 2.24) is 4.90 Å². The summed E-state index contributed by atoms with van der Waals surface area (Å²) < 4.78 is 10.8. The second-order valence-electron chi connectivity index (χ2n) is 3.95. The van der Waals surface area contributed by atoms with Gasteiger partial charge in [0.25, 0.3) is 0 Å². The molecular formula is C13H21NO2. The van der Waals surface area contributed by atoms with Crippen molar-refractivity contribution in [2.24, 2.45) is 0 Å². The lowest BCUT2D eigenvalue weighted by molar-refractivity contribution is 0.0282. The van der Waals surface area contributed by atoms with E-state index in [1.807, 2.05) is 19.1 Å². The number of rotatable bonds is 6. The largest absolute Gasteiger partial charge is 0.493 e. The summed E-state index contributed by atoms with van der Waals surface area (Å²) in [4.78, 5) is 2.33. The van der Waals surface area contributed by atoms with Crippen LogP contribution in [0.25, 0.3) is 0 Å². The van der Waals surface area contributed by atoms with E-state index in [0.29, 0.717) is 12.4 Å². The molecule has 0 atom stereocenters. The Labute approximate surface area is 98.0 Å². The molecule has 0 bridgehead atoms. The van der Waals surface area contributed by atoms with E-state index in [2.05, 4.69) is 18.1 Å². The van der Waals surface area contributed by atoms with Crippen LogP contribution in [-0.4, -0.2) is 44.4 Å². The van der Waals surface area contributed by atoms with Crippen molar-refractivity contribution in [1.29, 1.82) is 0 Å². The van der Waals surface area contributed by atoms with Crippen LogP contribution in [0.4, 0.5) is 0 Å². The molecule has 0 N–H and O–H groups in total. The maximum Gasteiger partial charge on any atom is 0.112 e. The highest BCUT2D eigenvalue weighted by atomic mass is 16.5. The van der Waals surface area contributed by atoms with Crippen LogP contribution in [0.1, 0.15) is 6.92 Å². The second-order valence-corrected chi connectivity index (χ2v) is 3.95. The summed E-state index contributed by atoms with van der Waals surface area (Å²) in [5.41, 5.74) is 0.998. The third-order valence-corrected chi connectivity index (χ3v) is 2.35. The average molecular weight is 223 g/mol. The minimum absolute atomic E-state index is 0.680. The molecular weight excluding hydrogens is 202 g/mol. The Balaban J connectivity index is 2.09. The summed E-state index contributed by atoms with van der Waals surface area (Å²) in [6, 6.07) is 0. The molecule has 1 aliphatic rings. The van der Waals surface area contributed by atoms with Crippen LogP contribution in [0.3, 0.4) is 0 Å². The molecule has 1 saturated heterocycles. The molecule has 0 amide bonds. The molecule has 0 aromatic heterocycles. The summed E-state index contributed by atoms with van der Waals surface area (Å²) in [5.74, 6) is 0.691. The van der Waals surface area contributed by atoms with Crippen molar-refractivity contribution in [3.8, 4) is 0 Å². The molecule has 0 aromatic rings. The Hall–Kier alpha value is -1.06. The first-order valence-corrected chi connectivity index (χ1v) is 5.64. The lowest BCUT2D eigenvalue weighted by Gasteiger charge is -2.26. The van der Waals surface area contributed by atoms with Gasteiger partial charge in [-0.2, -0.15) is 0 Å². The fraction of sp³-hybridized carbons (Fsp3) is 0.538. The average Bonchev–Trinajstić information content (AvgIpc) is 2.28. The molecule has 1 aliphatic heterocycles. The monoisotopic (exact) mass is 223 g/mol. The Morgan fingerprint density at radius 3 is 2.62 bits per heavy atom. The summed E-state index contributed by atoms with van der Waals surface area (Å²) in [5, 5.41) is 0. The van der Waals surface area contributed by atoms with Gasteiger partial charge in [-0.15, -0.1) is 0 Å². The Morgan fingerprint density at radius 1 is 1.31 bits per heavy atom. The molecule has 0 unspecified atom stereocenters.